The highest BCUT2D eigenvalue weighted by Crippen LogP contribution is 2.32. The van der Waals surface area contributed by atoms with E-state index < -0.39 is 0 Å². The molecule has 3 nitrogen and oxygen atoms in total. The molecule has 0 amide bonds. The number of aryl methyl sites for hydroxylation is 2. The molecule has 2 aromatic heterocycles. The van der Waals surface area contributed by atoms with E-state index in [1.54, 1.807) is 0 Å². The first-order chi connectivity index (χ1) is 10.6. The molecule has 0 aliphatic rings. The molecule has 0 spiro atoms. The highest BCUT2D eigenvalue weighted by Gasteiger charge is 2.18. The number of nitrogens with zero attached hydrogens (tertiary/aromatic N) is 1. The van der Waals surface area contributed by atoms with Crippen LogP contribution >= 0.6 is 0 Å². The van der Waals surface area contributed by atoms with Crippen molar-refractivity contribution in [1.29, 1.82) is 0 Å². The summed E-state index contributed by atoms with van der Waals surface area (Å²) in [5, 5.41) is 0.699. The van der Waals surface area contributed by atoms with Crippen molar-refractivity contribution in [3.63, 3.8) is 0 Å². The molecule has 0 fully saturated rings. The molecule has 0 saturated heterocycles. The van der Waals surface area contributed by atoms with Gasteiger partial charge in [-0.25, -0.2) is 0 Å². The maximum absolute atomic E-state index is 13.0. The van der Waals surface area contributed by atoms with Crippen molar-refractivity contribution in [2.75, 3.05) is 0 Å². The molecular formula is C19H21NO2. The monoisotopic (exact) mass is 295 g/mol. The van der Waals surface area contributed by atoms with E-state index in [0.717, 1.165) is 42.0 Å². The minimum atomic E-state index is 0.0548. The van der Waals surface area contributed by atoms with Crippen LogP contribution in [0.4, 0.5) is 0 Å². The Morgan fingerprint density at radius 3 is 2.55 bits per heavy atom. The van der Waals surface area contributed by atoms with Crippen LogP contribution in [-0.4, -0.2) is 4.57 Å². The number of hydrogen-bond donors (Lipinski definition) is 0. The van der Waals surface area contributed by atoms with E-state index in [1.165, 1.54) is 0 Å². The minimum absolute atomic E-state index is 0.0548. The van der Waals surface area contributed by atoms with Crippen LogP contribution in [0.25, 0.3) is 22.1 Å². The van der Waals surface area contributed by atoms with E-state index >= 15 is 0 Å². The van der Waals surface area contributed by atoms with Crippen LogP contribution < -0.4 is 5.56 Å². The fourth-order valence-corrected chi connectivity index (χ4v) is 2.99. The summed E-state index contributed by atoms with van der Waals surface area (Å²) in [6.45, 7) is 6.79. The summed E-state index contributed by atoms with van der Waals surface area (Å²) in [6, 6.07) is 12.0. The Bertz CT molecular complexity index is 857. The van der Waals surface area contributed by atoms with Crippen LogP contribution in [0, 0.1) is 13.8 Å². The predicted molar refractivity (Wildman–Crippen MR) is 90.3 cm³/mol. The molecule has 0 aliphatic carbocycles. The van der Waals surface area contributed by atoms with Gasteiger partial charge in [-0.1, -0.05) is 43.7 Å². The van der Waals surface area contributed by atoms with Gasteiger partial charge in [-0.3, -0.25) is 4.79 Å². The zero-order chi connectivity index (χ0) is 15.7. The number of fused-ring (bicyclic) bond motifs is 1. The molecule has 0 atom stereocenters. The normalized spacial score (nSPS) is 11.2. The average molecular weight is 295 g/mol. The Labute approximate surface area is 130 Å². The largest absolute Gasteiger partial charge is 0.460 e. The van der Waals surface area contributed by atoms with Gasteiger partial charge >= 0.3 is 0 Å². The van der Waals surface area contributed by atoms with Crippen molar-refractivity contribution in [3.8, 4) is 11.1 Å². The van der Waals surface area contributed by atoms with Crippen molar-refractivity contribution in [1.82, 2.24) is 4.57 Å². The van der Waals surface area contributed by atoms with Crippen LogP contribution in [0.2, 0.25) is 0 Å². The third kappa shape index (κ3) is 2.37. The Hall–Kier alpha value is -2.29. The maximum atomic E-state index is 13.0. The smallest absolute Gasteiger partial charge is 0.262 e. The van der Waals surface area contributed by atoms with Crippen molar-refractivity contribution in [3.05, 3.63) is 58.2 Å². The van der Waals surface area contributed by atoms with Gasteiger partial charge in [0, 0.05) is 23.9 Å². The van der Waals surface area contributed by atoms with Gasteiger partial charge in [-0.15, -0.1) is 0 Å². The third-order valence-electron chi connectivity index (χ3n) is 4.13. The lowest BCUT2D eigenvalue weighted by Crippen LogP contribution is -2.22. The van der Waals surface area contributed by atoms with E-state index in [-0.39, 0.29) is 5.56 Å². The highest BCUT2D eigenvalue weighted by molar-refractivity contribution is 5.95. The van der Waals surface area contributed by atoms with Gasteiger partial charge in [-0.05, 0) is 25.8 Å². The van der Waals surface area contributed by atoms with Gasteiger partial charge in [0.05, 0.1) is 5.39 Å². The van der Waals surface area contributed by atoms with E-state index in [9.17, 15) is 4.79 Å². The lowest BCUT2D eigenvalue weighted by Gasteiger charge is -2.09. The number of hydrogen-bond acceptors (Lipinski definition) is 2. The molecule has 0 aliphatic heterocycles. The van der Waals surface area contributed by atoms with E-state index in [0.29, 0.717) is 11.0 Å². The molecule has 114 valence electrons. The van der Waals surface area contributed by atoms with Gasteiger partial charge in [0.15, 0.2) is 0 Å². The Morgan fingerprint density at radius 2 is 1.86 bits per heavy atom. The Kier molecular flexibility index (Phi) is 3.88. The molecule has 22 heavy (non-hydrogen) atoms. The number of rotatable bonds is 4. The zero-order valence-electron chi connectivity index (χ0n) is 13.3. The second-order valence-corrected chi connectivity index (χ2v) is 5.73. The minimum Gasteiger partial charge on any atom is -0.460 e. The van der Waals surface area contributed by atoms with Crippen LogP contribution in [0.5, 0.6) is 0 Å². The van der Waals surface area contributed by atoms with Crippen molar-refractivity contribution in [2.45, 2.75) is 40.2 Å². The topological polar surface area (TPSA) is 35.1 Å². The van der Waals surface area contributed by atoms with E-state index in [2.05, 4.69) is 6.92 Å². The molecule has 3 heteroatoms. The highest BCUT2D eigenvalue weighted by atomic mass is 16.3. The van der Waals surface area contributed by atoms with Crippen LogP contribution in [0.15, 0.2) is 45.6 Å². The first-order valence-corrected chi connectivity index (χ1v) is 7.82. The quantitative estimate of drug-likeness (QED) is 0.700. The third-order valence-corrected chi connectivity index (χ3v) is 4.13. The fraction of sp³-hybridized carbons (Fsp3) is 0.316. The summed E-state index contributed by atoms with van der Waals surface area (Å²) in [6.07, 6.45) is 2.07. The lowest BCUT2D eigenvalue weighted by molar-refractivity contribution is 0.572. The van der Waals surface area contributed by atoms with Gasteiger partial charge in [0.25, 0.3) is 5.56 Å². The molecule has 2 heterocycles. The summed E-state index contributed by atoms with van der Waals surface area (Å²) >= 11 is 0. The predicted octanol–water partition coefficient (Wildman–Crippen LogP) is 4.68. The van der Waals surface area contributed by atoms with Gasteiger partial charge < -0.3 is 8.98 Å². The summed E-state index contributed by atoms with van der Waals surface area (Å²) in [5.74, 6) is 0.797. The number of aromatic nitrogens is 1. The van der Waals surface area contributed by atoms with Crippen molar-refractivity contribution >= 4 is 11.0 Å². The molecule has 0 N–H and O–H groups in total. The Morgan fingerprint density at radius 1 is 1.14 bits per heavy atom. The van der Waals surface area contributed by atoms with E-state index in [4.69, 9.17) is 4.42 Å². The summed E-state index contributed by atoms with van der Waals surface area (Å²) in [4.78, 5) is 13.0. The fourth-order valence-electron chi connectivity index (χ4n) is 2.99. The molecular weight excluding hydrogens is 274 g/mol. The molecule has 1 aromatic carbocycles. The summed E-state index contributed by atoms with van der Waals surface area (Å²) < 4.78 is 7.73. The van der Waals surface area contributed by atoms with Gasteiger partial charge in [0.1, 0.15) is 11.3 Å². The molecule has 3 aromatic rings. The van der Waals surface area contributed by atoms with E-state index in [1.807, 2.05) is 54.8 Å². The maximum Gasteiger partial charge on any atom is 0.262 e. The molecule has 0 saturated carbocycles. The standard InChI is InChI=1S/C19H21NO2/c1-4-5-11-20-13(2)12-16-18(19(20)21)17(14(3)22-16)15-9-7-6-8-10-15/h6-10,12H,4-5,11H2,1-3H3. The second-order valence-electron chi connectivity index (χ2n) is 5.73. The average Bonchev–Trinajstić information content (AvgIpc) is 2.84. The van der Waals surface area contributed by atoms with Crippen LogP contribution in [0.1, 0.15) is 31.2 Å². The van der Waals surface area contributed by atoms with Gasteiger partial charge in [-0.2, -0.15) is 0 Å². The SMILES string of the molecule is CCCCn1c(C)cc2oc(C)c(-c3ccccc3)c2c1=O. The lowest BCUT2D eigenvalue weighted by atomic mass is 10.0. The van der Waals surface area contributed by atoms with Gasteiger partial charge in [0.2, 0.25) is 0 Å². The summed E-state index contributed by atoms with van der Waals surface area (Å²) in [7, 11) is 0. The summed E-state index contributed by atoms with van der Waals surface area (Å²) in [5.41, 5.74) is 3.65. The molecule has 3 rings (SSSR count). The second kappa shape index (κ2) is 5.84. The number of benzene rings is 1. The number of pyridine rings is 1. The first kappa shape index (κ1) is 14.6. The van der Waals surface area contributed by atoms with Crippen LogP contribution in [0.3, 0.4) is 0 Å². The van der Waals surface area contributed by atoms with Crippen LogP contribution in [-0.2, 0) is 6.54 Å². The first-order valence-electron chi connectivity index (χ1n) is 7.82. The zero-order valence-corrected chi connectivity index (χ0v) is 13.3. The molecule has 0 bridgehead atoms. The molecule has 0 radical (unpaired) electrons. The molecule has 0 unspecified atom stereocenters. The number of unbranched alkanes of at least 4 members (excludes halogenated alkanes) is 1. The number of furan rings is 1. The Balaban J connectivity index is 2.30. The van der Waals surface area contributed by atoms with Crippen molar-refractivity contribution < 1.29 is 4.42 Å². The van der Waals surface area contributed by atoms with Crippen molar-refractivity contribution in [2.24, 2.45) is 0 Å².